The van der Waals surface area contributed by atoms with Crippen LogP contribution in [0.15, 0.2) is 40.5 Å². The Morgan fingerprint density at radius 2 is 1.85 bits per heavy atom. The molecule has 1 N–H and O–H groups in total. The summed E-state index contributed by atoms with van der Waals surface area (Å²) in [5.74, 6) is 2.22. The molecule has 7 rings (SSSR count). The number of aromatic nitrogens is 7. The number of pyridine rings is 1. The third kappa shape index (κ3) is 4.67. The van der Waals surface area contributed by atoms with Crippen LogP contribution in [0.2, 0.25) is 0 Å². The topological polar surface area (TPSA) is 146 Å². The molecule has 41 heavy (non-hydrogen) atoms. The van der Waals surface area contributed by atoms with Crippen molar-refractivity contribution in [3.05, 3.63) is 58.3 Å². The molecular weight excluding hydrogens is 540 g/mol. The van der Waals surface area contributed by atoms with Crippen molar-refractivity contribution in [2.45, 2.75) is 75.8 Å². The Labute approximate surface area is 237 Å². The molecule has 212 valence electrons. The fraction of sp³-hybridized carbons (Fsp3) is 0.483. The minimum absolute atomic E-state index is 0.0123. The molecule has 3 saturated carbocycles. The lowest BCUT2D eigenvalue weighted by atomic mass is 9.95. The number of rotatable bonds is 8. The predicted molar refractivity (Wildman–Crippen MR) is 153 cm³/mol. The first-order chi connectivity index (χ1) is 19.8. The first-order valence-electron chi connectivity index (χ1n) is 14.3. The lowest BCUT2D eigenvalue weighted by Crippen LogP contribution is -2.32. The van der Waals surface area contributed by atoms with Crippen LogP contribution in [0, 0.1) is 18.8 Å². The van der Waals surface area contributed by atoms with Crippen molar-refractivity contribution in [2.75, 3.05) is 11.1 Å². The Morgan fingerprint density at radius 3 is 2.54 bits per heavy atom. The summed E-state index contributed by atoms with van der Waals surface area (Å²) in [6.07, 6.45) is 11.3. The van der Waals surface area contributed by atoms with Crippen LogP contribution in [-0.2, 0) is 16.4 Å². The highest BCUT2D eigenvalue weighted by Crippen LogP contribution is 2.51. The van der Waals surface area contributed by atoms with Gasteiger partial charge in [0.2, 0.25) is 0 Å². The van der Waals surface area contributed by atoms with Gasteiger partial charge in [0, 0.05) is 18.2 Å². The molecule has 12 heteroatoms. The molecule has 3 atom stereocenters. The average molecular weight is 573 g/mol. The molecule has 3 unspecified atom stereocenters. The molecule has 11 nitrogen and oxygen atoms in total. The molecule has 3 aliphatic rings. The summed E-state index contributed by atoms with van der Waals surface area (Å²) in [7, 11) is -3.33. The molecular formula is C29H32N8O3S. The molecule has 2 bridgehead atoms. The van der Waals surface area contributed by atoms with Gasteiger partial charge in [0.05, 0.1) is 46.0 Å². The van der Waals surface area contributed by atoms with Gasteiger partial charge in [-0.25, -0.2) is 33.3 Å². The second-order valence-electron chi connectivity index (χ2n) is 11.5. The Balaban J connectivity index is 1.29. The van der Waals surface area contributed by atoms with Gasteiger partial charge in [0.1, 0.15) is 11.8 Å². The van der Waals surface area contributed by atoms with Crippen molar-refractivity contribution in [1.82, 2.24) is 34.5 Å². The van der Waals surface area contributed by atoms with E-state index in [0.29, 0.717) is 40.4 Å². The Kier molecular flexibility index (Phi) is 6.33. The van der Waals surface area contributed by atoms with Gasteiger partial charge in [-0.3, -0.25) is 14.3 Å². The maximum Gasteiger partial charge on any atom is 0.295 e. The summed E-state index contributed by atoms with van der Waals surface area (Å²) >= 11 is 0. The maximum absolute atomic E-state index is 14.0. The fourth-order valence-electron chi connectivity index (χ4n) is 6.55. The third-order valence-corrected chi connectivity index (χ3v) is 10.6. The molecule has 0 amide bonds. The van der Waals surface area contributed by atoms with Crippen LogP contribution in [0.1, 0.15) is 74.5 Å². The van der Waals surface area contributed by atoms with Gasteiger partial charge in [-0.1, -0.05) is 13.3 Å². The van der Waals surface area contributed by atoms with Gasteiger partial charge in [-0.05, 0) is 63.0 Å². The van der Waals surface area contributed by atoms with Gasteiger partial charge >= 0.3 is 0 Å². The summed E-state index contributed by atoms with van der Waals surface area (Å²) in [5.41, 5.74) is 4.12. The van der Waals surface area contributed by atoms with Gasteiger partial charge < -0.3 is 5.32 Å². The summed E-state index contributed by atoms with van der Waals surface area (Å²) in [5, 5.41) is 3.16. The number of aryl methyl sites for hydroxylation is 1. The Hall–Kier alpha value is -3.80. The molecule has 0 saturated heterocycles. The van der Waals surface area contributed by atoms with E-state index in [-0.39, 0.29) is 34.6 Å². The van der Waals surface area contributed by atoms with E-state index in [2.05, 4.69) is 30.2 Å². The van der Waals surface area contributed by atoms with E-state index < -0.39 is 9.84 Å². The molecule has 0 aromatic carbocycles. The van der Waals surface area contributed by atoms with Gasteiger partial charge in [-0.2, -0.15) is 0 Å². The molecule has 0 radical (unpaired) electrons. The normalized spacial score (nSPS) is 22.0. The number of fused-ring (bicyclic) bond motifs is 3. The second-order valence-corrected chi connectivity index (χ2v) is 13.8. The minimum atomic E-state index is -3.33. The zero-order valence-corrected chi connectivity index (χ0v) is 23.9. The van der Waals surface area contributed by atoms with E-state index in [1.165, 1.54) is 12.6 Å². The zero-order valence-electron chi connectivity index (χ0n) is 23.1. The standard InChI is InChI=1S/C29H32N8O3S/c1-3-41(39,40)21-9-8-20(30-13-21)12-31-27-29(38)37(23-11-17-4-5-19(23)10-17)28-22(35-27)14-32-26(36-28)24-16(2)33-15-34-25(24)18-6-7-18/h8-9,13-15,17-19,23H,3-7,10-12H2,1-2H3,(H,31,35). The second kappa shape index (κ2) is 9.93. The lowest BCUT2D eigenvalue weighted by molar-refractivity contribution is 0.329. The van der Waals surface area contributed by atoms with E-state index in [0.717, 1.165) is 49.1 Å². The van der Waals surface area contributed by atoms with Crippen LogP contribution in [-0.4, -0.2) is 48.6 Å². The SMILES string of the molecule is CCS(=O)(=O)c1ccc(CNc2nc3cnc(-c4c(C)ncnc4C4CC4)nc3n(C3CC4CCC3C4)c2=O)nc1. The van der Waals surface area contributed by atoms with Crippen LogP contribution >= 0.6 is 0 Å². The lowest BCUT2D eigenvalue weighted by Gasteiger charge is -2.25. The van der Waals surface area contributed by atoms with Crippen molar-refractivity contribution in [1.29, 1.82) is 0 Å². The molecule has 3 aliphatic carbocycles. The molecule has 4 heterocycles. The molecule has 4 aromatic rings. The Morgan fingerprint density at radius 1 is 1.00 bits per heavy atom. The summed E-state index contributed by atoms with van der Waals surface area (Å²) < 4.78 is 26.1. The fourth-order valence-corrected chi connectivity index (χ4v) is 7.37. The molecule has 4 aromatic heterocycles. The van der Waals surface area contributed by atoms with Crippen LogP contribution in [0.25, 0.3) is 22.6 Å². The number of anilines is 1. The predicted octanol–water partition coefficient (Wildman–Crippen LogP) is 3.99. The summed E-state index contributed by atoms with van der Waals surface area (Å²) in [6.45, 7) is 3.77. The monoisotopic (exact) mass is 572 g/mol. The zero-order chi connectivity index (χ0) is 28.3. The van der Waals surface area contributed by atoms with Crippen LogP contribution < -0.4 is 10.9 Å². The summed E-state index contributed by atoms with van der Waals surface area (Å²) in [4.78, 5) is 41.8. The first kappa shape index (κ1) is 26.1. The van der Waals surface area contributed by atoms with Gasteiger partial charge in [-0.15, -0.1) is 0 Å². The van der Waals surface area contributed by atoms with Crippen LogP contribution in [0.3, 0.4) is 0 Å². The molecule has 0 spiro atoms. The van der Waals surface area contributed by atoms with Crippen molar-refractivity contribution in [3.63, 3.8) is 0 Å². The number of nitrogens with one attached hydrogen (secondary N) is 1. The van der Waals surface area contributed by atoms with Gasteiger partial charge in [0.15, 0.2) is 27.1 Å². The van der Waals surface area contributed by atoms with E-state index >= 15 is 0 Å². The minimum Gasteiger partial charge on any atom is -0.360 e. The highest BCUT2D eigenvalue weighted by molar-refractivity contribution is 7.91. The number of hydrogen-bond donors (Lipinski definition) is 1. The van der Waals surface area contributed by atoms with Crippen molar-refractivity contribution in [3.8, 4) is 11.4 Å². The van der Waals surface area contributed by atoms with Crippen molar-refractivity contribution >= 4 is 26.8 Å². The maximum atomic E-state index is 14.0. The smallest absolute Gasteiger partial charge is 0.295 e. The Bertz CT molecular complexity index is 1820. The van der Waals surface area contributed by atoms with Crippen LogP contribution in [0.4, 0.5) is 5.82 Å². The largest absolute Gasteiger partial charge is 0.360 e. The van der Waals surface area contributed by atoms with E-state index in [1.54, 1.807) is 31.6 Å². The summed E-state index contributed by atoms with van der Waals surface area (Å²) in [6, 6.07) is 3.26. The quantitative estimate of drug-likeness (QED) is 0.329. The van der Waals surface area contributed by atoms with Crippen molar-refractivity contribution < 1.29 is 8.42 Å². The molecule has 3 fully saturated rings. The number of hydrogen-bond acceptors (Lipinski definition) is 10. The number of sulfone groups is 1. The van der Waals surface area contributed by atoms with Crippen molar-refractivity contribution in [2.24, 2.45) is 11.8 Å². The highest BCUT2D eigenvalue weighted by atomic mass is 32.2. The number of nitrogens with zero attached hydrogens (tertiary/aromatic N) is 7. The average Bonchev–Trinajstić information content (AvgIpc) is 3.62. The van der Waals surface area contributed by atoms with E-state index in [4.69, 9.17) is 4.98 Å². The van der Waals surface area contributed by atoms with E-state index in [9.17, 15) is 13.2 Å². The highest BCUT2D eigenvalue weighted by Gasteiger charge is 2.42. The van der Waals surface area contributed by atoms with Crippen LogP contribution in [0.5, 0.6) is 0 Å². The third-order valence-electron chi connectivity index (χ3n) is 8.89. The van der Waals surface area contributed by atoms with Gasteiger partial charge in [0.25, 0.3) is 5.56 Å². The first-order valence-corrected chi connectivity index (χ1v) is 16.0. The molecule has 0 aliphatic heterocycles. The van der Waals surface area contributed by atoms with E-state index in [1.807, 2.05) is 11.5 Å².